The van der Waals surface area contributed by atoms with Crippen molar-refractivity contribution < 1.29 is 24.2 Å². The van der Waals surface area contributed by atoms with Gasteiger partial charge in [0.25, 0.3) is 5.91 Å². The summed E-state index contributed by atoms with van der Waals surface area (Å²) < 4.78 is 5.36. The number of piperidine rings is 2. The lowest BCUT2D eigenvalue weighted by Crippen LogP contribution is -2.57. The average Bonchev–Trinajstić information content (AvgIpc) is 3.12. The molecule has 2 aliphatic rings. The van der Waals surface area contributed by atoms with Crippen molar-refractivity contribution in [2.45, 2.75) is 44.8 Å². The van der Waals surface area contributed by atoms with Crippen molar-refractivity contribution in [3.8, 4) is 0 Å². The standard InChI is InChI=1S/C18H26N2O5/c21-10-2-1-8-20-15-7-9-19(11-13(15)3-6-17(20)23)18(24)16-5-4-14(12-22)25-16/h4-5,13,15,21-22H,1-3,6-12H2/t13-,15+/m0/s1. The molecule has 138 valence electrons. The van der Waals surface area contributed by atoms with Crippen molar-refractivity contribution in [3.63, 3.8) is 0 Å². The van der Waals surface area contributed by atoms with Gasteiger partial charge in [0.05, 0.1) is 0 Å². The Morgan fingerprint density at radius 3 is 2.80 bits per heavy atom. The molecule has 7 heteroatoms. The number of likely N-dealkylation sites (tertiary alicyclic amines) is 2. The van der Waals surface area contributed by atoms with E-state index in [1.807, 2.05) is 4.90 Å². The van der Waals surface area contributed by atoms with Crippen LogP contribution < -0.4 is 0 Å². The van der Waals surface area contributed by atoms with Crippen LogP contribution in [0.25, 0.3) is 0 Å². The van der Waals surface area contributed by atoms with E-state index >= 15 is 0 Å². The van der Waals surface area contributed by atoms with E-state index in [2.05, 4.69) is 0 Å². The summed E-state index contributed by atoms with van der Waals surface area (Å²) in [6.07, 6.45) is 3.62. The van der Waals surface area contributed by atoms with Crippen LogP contribution in [0.1, 0.15) is 48.4 Å². The Morgan fingerprint density at radius 2 is 2.08 bits per heavy atom. The van der Waals surface area contributed by atoms with Crippen molar-refractivity contribution in [1.29, 1.82) is 0 Å². The van der Waals surface area contributed by atoms with Crippen molar-refractivity contribution in [3.05, 3.63) is 23.7 Å². The number of unbranched alkanes of at least 4 members (excludes halogenated alkanes) is 1. The number of fused-ring (bicyclic) bond motifs is 1. The highest BCUT2D eigenvalue weighted by Gasteiger charge is 2.40. The second kappa shape index (κ2) is 8.01. The molecule has 2 atom stereocenters. The molecule has 0 saturated carbocycles. The van der Waals surface area contributed by atoms with E-state index < -0.39 is 0 Å². The second-order valence-corrected chi connectivity index (χ2v) is 6.85. The number of aliphatic hydroxyl groups excluding tert-OH is 2. The average molecular weight is 350 g/mol. The molecule has 2 amide bonds. The van der Waals surface area contributed by atoms with Crippen molar-refractivity contribution in [2.24, 2.45) is 5.92 Å². The first-order valence-electron chi connectivity index (χ1n) is 9.03. The zero-order valence-electron chi connectivity index (χ0n) is 14.4. The zero-order chi connectivity index (χ0) is 17.8. The Kier molecular flexibility index (Phi) is 5.75. The number of nitrogens with zero attached hydrogens (tertiary/aromatic N) is 2. The van der Waals surface area contributed by atoms with Gasteiger partial charge in [0.2, 0.25) is 5.91 Å². The summed E-state index contributed by atoms with van der Waals surface area (Å²) in [4.78, 5) is 28.6. The molecule has 0 aliphatic carbocycles. The van der Waals surface area contributed by atoms with Gasteiger partial charge < -0.3 is 24.4 Å². The van der Waals surface area contributed by atoms with Crippen LogP contribution in [0.2, 0.25) is 0 Å². The van der Waals surface area contributed by atoms with Crippen LogP contribution in [0, 0.1) is 5.92 Å². The minimum Gasteiger partial charge on any atom is -0.453 e. The number of amides is 2. The van der Waals surface area contributed by atoms with Crippen LogP contribution in [0.15, 0.2) is 16.5 Å². The molecule has 0 spiro atoms. The second-order valence-electron chi connectivity index (χ2n) is 6.85. The summed E-state index contributed by atoms with van der Waals surface area (Å²) in [7, 11) is 0. The van der Waals surface area contributed by atoms with E-state index in [0.717, 1.165) is 19.3 Å². The Morgan fingerprint density at radius 1 is 1.24 bits per heavy atom. The summed E-state index contributed by atoms with van der Waals surface area (Å²) >= 11 is 0. The largest absolute Gasteiger partial charge is 0.453 e. The van der Waals surface area contributed by atoms with E-state index in [-0.39, 0.29) is 42.7 Å². The molecule has 3 heterocycles. The topological polar surface area (TPSA) is 94.2 Å². The summed E-state index contributed by atoms with van der Waals surface area (Å²) in [5.74, 6) is 0.974. The van der Waals surface area contributed by atoms with Gasteiger partial charge >= 0.3 is 0 Å². The molecule has 2 N–H and O–H groups in total. The van der Waals surface area contributed by atoms with E-state index in [9.17, 15) is 9.59 Å². The van der Waals surface area contributed by atoms with E-state index in [0.29, 0.717) is 38.2 Å². The maximum atomic E-state index is 12.6. The number of hydrogen-bond donors (Lipinski definition) is 2. The highest BCUT2D eigenvalue weighted by Crippen LogP contribution is 2.32. The lowest BCUT2D eigenvalue weighted by molar-refractivity contribution is -0.140. The zero-order valence-corrected chi connectivity index (χ0v) is 14.4. The van der Waals surface area contributed by atoms with Gasteiger partial charge in [-0.05, 0) is 43.7 Å². The molecule has 7 nitrogen and oxygen atoms in total. The van der Waals surface area contributed by atoms with Gasteiger partial charge in [0, 0.05) is 38.7 Å². The summed E-state index contributed by atoms with van der Waals surface area (Å²) in [6, 6.07) is 3.40. The lowest BCUT2D eigenvalue weighted by Gasteiger charge is -2.47. The van der Waals surface area contributed by atoms with Crippen molar-refractivity contribution in [1.82, 2.24) is 9.80 Å². The third-order valence-corrected chi connectivity index (χ3v) is 5.27. The summed E-state index contributed by atoms with van der Waals surface area (Å²) in [5, 5.41) is 18.0. The van der Waals surface area contributed by atoms with Crippen LogP contribution in [-0.4, -0.2) is 64.1 Å². The van der Waals surface area contributed by atoms with Gasteiger partial charge in [0.1, 0.15) is 12.4 Å². The molecular formula is C18H26N2O5. The highest BCUT2D eigenvalue weighted by molar-refractivity contribution is 5.91. The van der Waals surface area contributed by atoms with Gasteiger partial charge in [0.15, 0.2) is 5.76 Å². The summed E-state index contributed by atoms with van der Waals surface area (Å²) in [6.45, 7) is 1.84. The van der Waals surface area contributed by atoms with Gasteiger partial charge in [-0.2, -0.15) is 0 Å². The third-order valence-electron chi connectivity index (χ3n) is 5.27. The molecule has 25 heavy (non-hydrogen) atoms. The molecule has 0 aromatic carbocycles. The van der Waals surface area contributed by atoms with Crippen LogP contribution in [0.4, 0.5) is 0 Å². The molecule has 2 fully saturated rings. The Labute approximate surface area is 147 Å². The molecule has 0 bridgehead atoms. The molecule has 2 aliphatic heterocycles. The molecular weight excluding hydrogens is 324 g/mol. The fraction of sp³-hybridized carbons (Fsp3) is 0.667. The predicted octanol–water partition coefficient (Wildman–Crippen LogP) is 0.998. The number of aliphatic hydroxyl groups is 2. The summed E-state index contributed by atoms with van der Waals surface area (Å²) in [5.41, 5.74) is 0. The van der Waals surface area contributed by atoms with Gasteiger partial charge in [-0.25, -0.2) is 0 Å². The normalized spacial score (nSPS) is 23.7. The first-order valence-corrected chi connectivity index (χ1v) is 9.03. The Balaban J connectivity index is 1.63. The minimum absolute atomic E-state index is 0.150. The minimum atomic E-state index is -0.219. The van der Waals surface area contributed by atoms with Crippen LogP contribution in [0.3, 0.4) is 0 Å². The Hall–Kier alpha value is -1.86. The third kappa shape index (κ3) is 3.88. The number of carbonyl (C=O) groups is 2. The molecule has 0 radical (unpaired) electrons. The SMILES string of the molecule is O=C(c1ccc(CO)o1)N1CC[C@@H]2[C@@H](CCC(=O)N2CCCCO)C1. The lowest BCUT2D eigenvalue weighted by atomic mass is 9.83. The van der Waals surface area contributed by atoms with E-state index in [1.54, 1.807) is 17.0 Å². The molecule has 2 saturated heterocycles. The van der Waals surface area contributed by atoms with Crippen molar-refractivity contribution >= 4 is 11.8 Å². The maximum Gasteiger partial charge on any atom is 0.289 e. The number of hydrogen-bond acceptors (Lipinski definition) is 5. The highest BCUT2D eigenvalue weighted by atomic mass is 16.4. The van der Waals surface area contributed by atoms with Crippen LogP contribution >= 0.6 is 0 Å². The number of rotatable bonds is 6. The smallest absolute Gasteiger partial charge is 0.289 e. The quantitative estimate of drug-likeness (QED) is 0.747. The van der Waals surface area contributed by atoms with Gasteiger partial charge in [-0.1, -0.05) is 0 Å². The molecule has 0 unspecified atom stereocenters. The fourth-order valence-electron chi connectivity index (χ4n) is 3.95. The first-order chi connectivity index (χ1) is 12.1. The predicted molar refractivity (Wildman–Crippen MR) is 89.7 cm³/mol. The van der Waals surface area contributed by atoms with Gasteiger partial charge in [-0.15, -0.1) is 0 Å². The fourth-order valence-corrected chi connectivity index (χ4v) is 3.95. The molecule has 1 aromatic rings. The van der Waals surface area contributed by atoms with Crippen LogP contribution in [-0.2, 0) is 11.4 Å². The Bertz CT molecular complexity index is 614. The van der Waals surface area contributed by atoms with Crippen LogP contribution in [0.5, 0.6) is 0 Å². The molecule has 1 aromatic heterocycles. The molecule has 3 rings (SSSR count). The van der Waals surface area contributed by atoms with E-state index in [4.69, 9.17) is 14.6 Å². The van der Waals surface area contributed by atoms with Crippen molar-refractivity contribution in [2.75, 3.05) is 26.2 Å². The van der Waals surface area contributed by atoms with Gasteiger partial charge in [-0.3, -0.25) is 9.59 Å². The first kappa shape index (κ1) is 17.9. The number of furan rings is 1. The number of carbonyl (C=O) groups excluding carboxylic acids is 2. The monoisotopic (exact) mass is 350 g/mol. The maximum absolute atomic E-state index is 12.6. The van der Waals surface area contributed by atoms with E-state index in [1.165, 1.54) is 0 Å².